The summed E-state index contributed by atoms with van der Waals surface area (Å²) < 4.78 is 3.77. The molecule has 0 bridgehead atoms. The van der Waals surface area contributed by atoms with E-state index in [9.17, 15) is 4.79 Å². The van der Waals surface area contributed by atoms with Crippen molar-refractivity contribution in [2.24, 2.45) is 0 Å². The molecule has 0 aromatic carbocycles. The molecule has 0 radical (unpaired) electrons. The van der Waals surface area contributed by atoms with Crippen LogP contribution in [0.2, 0.25) is 0 Å². The summed E-state index contributed by atoms with van der Waals surface area (Å²) in [4.78, 5) is 12.4. The van der Waals surface area contributed by atoms with Crippen molar-refractivity contribution >= 4 is 17.4 Å². The van der Waals surface area contributed by atoms with Crippen LogP contribution in [0.25, 0.3) is 0 Å². The highest BCUT2D eigenvalue weighted by atomic mass is 32.1. The number of carbonyl (C=O) groups excluding carboxylic acids is 1. The monoisotopic (exact) mass is 243 g/mol. The van der Waals surface area contributed by atoms with Crippen LogP contribution >= 0.6 is 11.5 Å². The van der Waals surface area contributed by atoms with E-state index in [0.717, 1.165) is 23.6 Å². The van der Waals surface area contributed by atoms with Gasteiger partial charge in [-0.3, -0.25) is 4.79 Å². The van der Waals surface area contributed by atoms with E-state index in [0.29, 0.717) is 17.7 Å². The van der Waals surface area contributed by atoms with Crippen LogP contribution in [0, 0.1) is 0 Å². The minimum atomic E-state index is -0.132. The maximum absolute atomic E-state index is 11.9. The number of nitrogens with one attached hydrogen (secondary N) is 1. The molecule has 1 rings (SSSR count). The van der Waals surface area contributed by atoms with Gasteiger partial charge >= 0.3 is 0 Å². The van der Waals surface area contributed by atoms with Crippen LogP contribution in [0.15, 0.2) is 0 Å². The van der Waals surface area contributed by atoms with Gasteiger partial charge < -0.3 is 10.4 Å². The third-order valence-corrected chi connectivity index (χ3v) is 3.17. The SMILES string of the molecule is CCc1nnsc1C(=O)NC(CC)CCO. The van der Waals surface area contributed by atoms with Crippen molar-refractivity contribution in [3.05, 3.63) is 10.6 Å². The van der Waals surface area contributed by atoms with E-state index in [4.69, 9.17) is 5.11 Å². The zero-order valence-corrected chi connectivity index (χ0v) is 10.4. The highest BCUT2D eigenvalue weighted by molar-refractivity contribution is 7.08. The van der Waals surface area contributed by atoms with Crippen LogP contribution in [0.1, 0.15) is 42.1 Å². The van der Waals surface area contributed by atoms with Crippen LogP contribution in [-0.2, 0) is 6.42 Å². The minimum Gasteiger partial charge on any atom is -0.396 e. The number of hydrogen-bond acceptors (Lipinski definition) is 5. The molecule has 0 fully saturated rings. The van der Waals surface area contributed by atoms with Crippen molar-refractivity contribution < 1.29 is 9.90 Å². The number of aliphatic hydroxyl groups is 1. The Morgan fingerprint density at radius 2 is 2.31 bits per heavy atom. The molecular formula is C10H17N3O2S. The average molecular weight is 243 g/mol. The maximum atomic E-state index is 11.9. The highest BCUT2D eigenvalue weighted by Crippen LogP contribution is 2.11. The van der Waals surface area contributed by atoms with Crippen molar-refractivity contribution in [2.75, 3.05) is 6.61 Å². The first kappa shape index (κ1) is 13.1. The first-order chi connectivity index (χ1) is 7.72. The van der Waals surface area contributed by atoms with E-state index >= 15 is 0 Å². The van der Waals surface area contributed by atoms with Crippen LogP contribution in [0.3, 0.4) is 0 Å². The third kappa shape index (κ3) is 3.24. The van der Waals surface area contributed by atoms with Crippen LogP contribution in [-0.4, -0.2) is 33.2 Å². The van der Waals surface area contributed by atoms with Crippen molar-refractivity contribution in [3.63, 3.8) is 0 Å². The van der Waals surface area contributed by atoms with Gasteiger partial charge in [0.1, 0.15) is 4.88 Å². The second-order valence-electron chi connectivity index (χ2n) is 3.49. The van der Waals surface area contributed by atoms with Crippen molar-refractivity contribution in [1.82, 2.24) is 14.9 Å². The zero-order chi connectivity index (χ0) is 12.0. The van der Waals surface area contributed by atoms with E-state index < -0.39 is 0 Å². The first-order valence-electron chi connectivity index (χ1n) is 5.45. The summed E-state index contributed by atoms with van der Waals surface area (Å²) in [7, 11) is 0. The van der Waals surface area contributed by atoms with E-state index in [1.165, 1.54) is 0 Å². The topological polar surface area (TPSA) is 75.1 Å². The summed E-state index contributed by atoms with van der Waals surface area (Å²) in [5.41, 5.74) is 0.737. The van der Waals surface area contributed by atoms with E-state index in [2.05, 4.69) is 14.9 Å². The molecule has 1 atom stereocenters. The molecule has 5 nitrogen and oxygen atoms in total. The molecule has 0 saturated carbocycles. The molecule has 0 spiro atoms. The van der Waals surface area contributed by atoms with Crippen molar-refractivity contribution in [1.29, 1.82) is 0 Å². The molecule has 0 saturated heterocycles. The Hall–Kier alpha value is -1.01. The Balaban J connectivity index is 2.64. The first-order valence-corrected chi connectivity index (χ1v) is 6.23. The molecule has 90 valence electrons. The Morgan fingerprint density at radius 3 is 2.88 bits per heavy atom. The van der Waals surface area contributed by atoms with Crippen molar-refractivity contribution in [3.8, 4) is 0 Å². The largest absolute Gasteiger partial charge is 0.396 e. The number of amides is 1. The molecule has 6 heteroatoms. The summed E-state index contributed by atoms with van der Waals surface area (Å²) in [5, 5.41) is 15.6. The molecule has 1 heterocycles. The molecule has 1 aromatic rings. The van der Waals surface area contributed by atoms with E-state index in [1.807, 2.05) is 13.8 Å². The number of carbonyl (C=O) groups is 1. The average Bonchev–Trinajstić information content (AvgIpc) is 2.76. The summed E-state index contributed by atoms with van der Waals surface area (Å²) in [6, 6.07) is 0.0179. The van der Waals surface area contributed by atoms with Gasteiger partial charge in [-0.2, -0.15) is 0 Å². The van der Waals surface area contributed by atoms with Crippen LogP contribution < -0.4 is 5.32 Å². The zero-order valence-electron chi connectivity index (χ0n) is 9.56. The maximum Gasteiger partial charge on any atom is 0.265 e. The molecule has 1 unspecified atom stereocenters. The normalized spacial score (nSPS) is 12.4. The molecule has 1 aromatic heterocycles. The summed E-state index contributed by atoms with van der Waals surface area (Å²) in [5.74, 6) is -0.132. The fourth-order valence-corrected chi connectivity index (χ4v) is 2.05. The molecule has 0 aliphatic rings. The molecule has 2 N–H and O–H groups in total. The molecular weight excluding hydrogens is 226 g/mol. The van der Waals surface area contributed by atoms with Crippen LogP contribution in [0.4, 0.5) is 0 Å². The number of nitrogens with zero attached hydrogens (tertiary/aromatic N) is 2. The summed E-state index contributed by atoms with van der Waals surface area (Å²) in [6.07, 6.45) is 2.09. The second kappa shape index (κ2) is 6.55. The fraction of sp³-hybridized carbons (Fsp3) is 0.700. The molecule has 16 heavy (non-hydrogen) atoms. The predicted octanol–water partition coefficient (Wildman–Crippen LogP) is 0.991. The van der Waals surface area contributed by atoms with Gasteiger partial charge in [0, 0.05) is 12.6 Å². The van der Waals surface area contributed by atoms with Gasteiger partial charge in [-0.1, -0.05) is 18.3 Å². The Kier molecular flexibility index (Phi) is 5.34. The Morgan fingerprint density at radius 1 is 1.56 bits per heavy atom. The van der Waals surface area contributed by atoms with Gasteiger partial charge in [0.05, 0.1) is 5.69 Å². The lowest BCUT2D eigenvalue weighted by atomic mass is 10.1. The number of hydrogen-bond donors (Lipinski definition) is 2. The van der Waals surface area contributed by atoms with Gasteiger partial charge in [0.15, 0.2) is 0 Å². The molecule has 0 aliphatic heterocycles. The van der Waals surface area contributed by atoms with Crippen molar-refractivity contribution in [2.45, 2.75) is 39.2 Å². The summed E-state index contributed by atoms with van der Waals surface area (Å²) in [6.45, 7) is 4.01. The summed E-state index contributed by atoms with van der Waals surface area (Å²) >= 11 is 1.12. The smallest absolute Gasteiger partial charge is 0.265 e. The number of aryl methyl sites for hydroxylation is 1. The number of aliphatic hydroxyl groups excluding tert-OH is 1. The van der Waals surface area contributed by atoms with Gasteiger partial charge in [-0.15, -0.1) is 5.10 Å². The quantitative estimate of drug-likeness (QED) is 0.781. The van der Waals surface area contributed by atoms with Crippen LogP contribution in [0.5, 0.6) is 0 Å². The molecule has 0 aliphatic carbocycles. The molecule has 1 amide bonds. The van der Waals surface area contributed by atoms with Gasteiger partial charge in [-0.25, -0.2) is 0 Å². The van der Waals surface area contributed by atoms with Gasteiger partial charge in [0.25, 0.3) is 5.91 Å². The Labute approximate surface area is 99.0 Å². The van der Waals surface area contributed by atoms with E-state index in [-0.39, 0.29) is 18.6 Å². The Bertz CT molecular complexity index is 341. The second-order valence-corrected chi connectivity index (χ2v) is 4.25. The lowest BCUT2D eigenvalue weighted by Gasteiger charge is -2.14. The fourth-order valence-electron chi connectivity index (χ4n) is 1.40. The number of aromatic nitrogens is 2. The van der Waals surface area contributed by atoms with Gasteiger partial charge in [0.2, 0.25) is 0 Å². The standard InChI is InChI=1S/C10H17N3O2S/c1-3-7(5-6-14)11-10(15)9-8(4-2)12-13-16-9/h7,14H,3-6H2,1-2H3,(H,11,15). The lowest BCUT2D eigenvalue weighted by Crippen LogP contribution is -2.35. The minimum absolute atomic E-state index is 0.0179. The third-order valence-electron chi connectivity index (χ3n) is 2.40. The number of rotatable bonds is 6. The highest BCUT2D eigenvalue weighted by Gasteiger charge is 2.17. The van der Waals surface area contributed by atoms with Gasteiger partial charge in [-0.05, 0) is 30.8 Å². The van der Waals surface area contributed by atoms with E-state index in [1.54, 1.807) is 0 Å². The predicted molar refractivity (Wildman–Crippen MR) is 62.5 cm³/mol. The lowest BCUT2D eigenvalue weighted by molar-refractivity contribution is 0.0932.